The van der Waals surface area contributed by atoms with Crippen LogP contribution in [0.1, 0.15) is 6.92 Å². The summed E-state index contributed by atoms with van der Waals surface area (Å²) in [6.45, 7) is 2.82. The summed E-state index contributed by atoms with van der Waals surface area (Å²) in [6, 6.07) is 5.25. The molecule has 1 heterocycles. The van der Waals surface area contributed by atoms with Crippen molar-refractivity contribution >= 4 is 51.6 Å². The zero-order valence-corrected chi connectivity index (χ0v) is 13.2. The quantitative estimate of drug-likeness (QED) is 0.781. The average Bonchev–Trinajstić information content (AvgIpc) is 2.35. The van der Waals surface area contributed by atoms with E-state index in [4.69, 9.17) is 23.2 Å². The van der Waals surface area contributed by atoms with Crippen molar-refractivity contribution in [2.24, 2.45) is 0 Å². The first-order valence-corrected chi connectivity index (χ1v) is 7.17. The van der Waals surface area contributed by atoms with Crippen molar-refractivity contribution in [1.29, 1.82) is 0 Å². The van der Waals surface area contributed by atoms with Crippen LogP contribution in [0, 0.1) is 3.57 Å². The molecule has 1 aromatic heterocycles. The molecular formula is C12H10Cl2IN3. The molecule has 0 atom stereocenters. The normalized spacial score (nSPS) is 10.4. The Morgan fingerprint density at radius 3 is 2.83 bits per heavy atom. The second-order valence-corrected chi connectivity index (χ2v) is 5.55. The first-order chi connectivity index (χ1) is 8.61. The van der Waals surface area contributed by atoms with Gasteiger partial charge >= 0.3 is 0 Å². The maximum Gasteiger partial charge on any atom is 0.163 e. The summed E-state index contributed by atoms with van der Waals surface area (Å²) in [5.74, 6) is 1.37. The van der Waals surface area contributed by atoms with E-state index in [-0.39, 0.29) is 0 Å². The zero-order chi connectivity index (χ0) is 13.1. The summed E-state index contributed by atoms with van der Waals surface area (Å²) in [5, 5.41) is 4.38. The molecule has 0 fully saturated rings. The van der Waals surface area contributed by atoms with Crippen LogP contribution in [0.4, 0.5) is 5.82 Å². The van der Waals surface area contributed by atoms with Crippen LogP contribution in [0.2, 0.25) is 10.0 Å². The maximum absolute atomic E-state index is 6.14. The fourth-order valence-corrected chi connectivity index (χ4v) is 2.28. The van der Waals surface area contributed by atoms with Crippen molar-refractivity contribution in [1.82, 2.24) is 9.97 Å². The minimum atomic E-state index is 0.568. The van der Waals surface area contributed by atoms with Crippen LogP contribution in [0.15, 0.2) is 24.4 Å². The van der Waals surface area contributed by atoms with E-state index >= 15 is 0 Å². The van der Waals surface area contributed by atoms with Crippen molar-refractivity contribution in [2.75, 3.05) is 11.9 Å². The number of anilines is 1. The van der Waals surface area contributed by atoms with Crippen LogP contribution >= 0.6 is 45.8 Å². The molecule has 0 saturated carbocycles. The third-order valence-corrected chi connectivity index (χ3v) is 3.61. The zero-order valence-electron chi connectivity index (χ0n) is 9.54. The lowest BCUT2D eigenvalue weighted by Crippen LogP contribution is -2.03. The molecular weight excluding hydrogens is 384 g/mol. The van der Waals surface area contributed by atoms with Gasteiger partial charge in [0.1, 0.15) is 5.82 Å². The van der Waals surface area contributed by atoms with Crippen LogP contribution in [0.25, 0.3) is 11.4 Å². The molecule has 1 aromatic carbocycles. The fraction of sp³-hybridized carbons (Fsp3) is 0.167. The summed E-state index contributed by atoms with van der Waals surface area (Å²) in [7, 11) is 0. The van der Waals surface area contributed by atoms with Gasteiger partial charge in [0.05, 0.1) is 8.59 Å². The SMILES string of the molecule is CCNc1nc(-c2cc(Cl)ccc2Cl)ncc1I. The molecule has 18 heavy (non-hydrogen) atoms. The van der Waals surface area contributed by atoms with E-state index in [0.717, 1.165) is 21.5 Å². The number of nitrogens with one attached hydrogen (secondary N) is 1. The monoisotopic (exact) mass is 393 g/mol. The number of rotatable bonds is 3. The predicted molar refractivity (Wildman–Crippen MR) is 84.4 cm³/mol. The van der Waals surface area contributed by atoms with Gasteiger partial charge in [-0.2, -0.15) is 0 Å². The number of halogens is 3. The molecule has 0 aliphatic heterocycles. The van der Waals surface area contributed by atoms with Crippen LogP contribution in [-0.2, 0) is 0 Å². The first kappa shape index (κ1) is 13.8. The maximum atomic E-state index is 6.14. The average molecular weight is 394 g/mol. The molecule has 2 rings (SSSR count). The van der Waals surface area contributed by atoms with Gasteiger partial charge in [-0.3, -0.25) is 0 Å². The topological polar surface area (TPSA) is 37.8 Å². The van der Waals surface area contributed by atoms with Gasteiger partial charge in [-0.25, -0.2) is 9.97 Å². The number of benzene rings is 1. The molecule has 6 heteroatoms. The predicted octanol–water partition coefficient (Wildman–Crippen LogP) is 4.49. The van der Waals surface area contributed by atoms with Crippen LogP contribution in [0.5, 0.6) is 0 Å². The van der Waals surface area contributed by atoms with Gasteiger partial charge in [0.2, 0.25) is 0 Å². The molecule has 0 radical (unpaired) electrons. The molecule has 0 bridgehead atoms. The Morgan fingerprint density at radius 2 is 2.11 bits per heavy atom. The van der Waals surface area contributed by atoms with Crippen molar-refractivity contribution in [2.45, 2.75) is 6.92 Å². The van der Waals surface area contributed by atoms with Gasteiger partial charge in [-0.05, 0) is 47.7 Å². The Bertz CT molecular complexity index is 575. The highest BCUT2D eigenvalue weighted by Crippen LogP contribution is 2.29. The van der Waals surface area contributed by atoms with E-state index in [1.165, 1.54) is 0 Å². The van der Waals surface area contributed by atoms with Gasteiger partial charge < -0.3 is 5.32 Å². The van der Waals surface area contributed by atoms with Gasteiger partial charge in [0.25, 0.3) is 0 Å². The second-order valence-electron chi connectivity index (χ2n) is 3.54. The first-order valence-electron chi connectivity index (χ1n) is 5.33. The second kappa shape index (κ2) is 6.04. The molecule has 0 spiro atoms. The van der Waals surface area contributed by atoms with Crippen LogP contribution in [-0.4, -0.2) is 16.5 Å². The van der Waals surface area contributed by atoms with Crippen molar-refractivity contribution in [3.8, 4) is 11.4 Å². The fourth-order valence-electron chi connectivity index (χ4n) is 1.46. The number of hydrogen-bond donors (Lipinski definition) is 1. The Balaban J connectivity index is 2.50. The Labute approximate surface area is 129 Å². The van der Waals surface area contributed by atoms with Crippen LogP contribution < -0.4 is 5.32 Å². The van der Waals surface area contributed by atoms with E-state index in [9.17, 15) is 0 Å². The largest absolute Gasteiger partial charge is 0.369 e. The van der Waals surface area contributed by atoms with E-state index < -0.39 is 0 Å². The summed E-state index contributed by atoms with van der Waals surface area (Å²) in [5.41, 5.74) is 0.736. The summed E-state index contributed by atoms with van der Waals surface area (Å²) in [4.78, 5) is 8.75. The molecule has 3 nitrogen and oxygen atoms in total. The van der Waals surface area contributed by atoms with Crippen molar-refractivity contribution < 1.29 is 0 Å². The number of nitrogens with zero attached hydrogens (tertiary/aromatic N) is 2. The van der Waals surface area contributed by atoms with E-state index in [1.54, 1.807) is 24.4 Å². The lowest BCUT2D eigenvalue weighted by molar-refractivity contribution is 1.10. The van der Waals surface area contributed by atoms with E-state index in [2.05, 4.69) is 37.9 Å². The summed E-state index contributed by atoms with van der Waals surface area (Å²) < 4.78 is 0.969. The molecule has 0 saturated heterocycles. The minimum Gasteiger partial charge on any atom is -0.369 e. The van der Waals surface area contributed by atoms with Crippen LogP contribution in [0.3, 0.4) is 0 Å². The highest BCUT2D eigenvalue weighted by Gasteiger charge is 2.10. The van der Waals surface area contributed by atoms with Gasteiger partial charge in [-0.1, -0.05) is 23.2 Å². The lowest BCUT2D eigenvalue weighted by atomic mass is 10.2. The Hall–Kier alpha value is -0.590. The van der Waals surface area contributed by atoms with Crippen molar-refractivity contribution in [3.05, 3.63) is 38.0 Å². The molecule has 2 aromatic rings. The number of aromatic nitrogens is 2. The van der Waals surface area contributed by atoms with E-state index in [1.807, 2.05) is 6.92 Å². The standard InChI is InChI=1S/C12H10Cl2IN3/c1-2-16-12-10(15)6-17-11(18-12)8-5-7(13)3-4-9(8)14/h3-6H,2H2,1H3,(H,16,17,18). The molecule has 0 amide bonds. The van der Waals surface area contributed by atoms with Crippen molar-refractivity contribution in [3.63, 3.8) is 0 Å². The van der Waals surface area contributed by atoms with E-state index in [0.29, 0.717) is 15.9 Å². The molecule has 0 unspecified atom stereocenters. The highest BCUT2D eigenvalue weighted by atomic mass is 127. The molecule has 94 valence electrons. The molecule has 1 N–H and O–H groups in total. The molecule has 0 aliphatic rings. The van der Waals surface area contributed by atoms with Gasteiger partial charge in [0.15, 0.2) is 5.82 Å². The highest BCUT2D eigenvalue weighted by molar-refractivity contribution is 14.1. The van der Waals surface area contributed by atoms with Gasteiger partial charge in [0, 0.05) is 23.3 Å². The summed E-state index contributed by atoms with van der Waals surface area (Å²) >= 11 is 14.3. The number of hydrogen-bond acceptors (Lipinski definition) is 3. The Kier molecular flexibility index (Phi) is 4.64. The van der Waals surface area contributed by atoms with Gasteiger partial charge in [-0.15, -0.1) is 0 Å². The minimum absolute atomic E-state index is 0.568. The summed E-state index contributed by atoms with van der Waals surface area (Å²) in [6.07, 6.45) is 1.76. The molecule has 0 aliphatic carbocycles. The lowest BCUT2D eigenvalue weighted by Gasteiger charge is -2.08. The Morgan fingerprint density at radius 1 is 1.33 bits per heavy atom. The third-order valence-electron chi connectivity index (χ3n) is 2.26. The smallest absolute Gasteiger partial charge is 0.163 e. The third kappa shape index (κ3) is 3.05.